The van der Waals surface area contributed by atoms with E-state index in [1.165, 1.54) is 0 Å². The van der Waals surface area contributed by atoms with Gasteiger partial charge in [0.2, 0.25) is 0 Å². The van der Waals surface area contributed by atoms with Crippen molar-refractivity contribution in [3.05, 3.63) is 118 Å². The van der Waals surface area contributed by atoms with Crippen molar-refractivity contribution < 1.29 is 14.3 Å². The van der Waals surface area contributed by atoms with Gasteiger partial charge < -0.3 is 9.47 Å². The fourth-order valence-electron chi connectivity index (χ4n) is 3.91. The van der Waals surface area contributed by atoms with Crippen molar-refractivity contribution in [3.63, 3.8) is 0 Å². The number of carbonyl (C=O) groups is 1. The van der Waals surface area contributed by atoms with E-state index in [0.29, 0.717) is 42.4 Å². The van der Waals surface area contributed by atoms with Gasteiger partial charge in [0.05, 0.1) is 17.9 Å². The van der Waals surface area contributed by atoms with Crippen LogP contribution in [0.25, 0.3) is 11.4 Å². The zero-order chi connectivity index (χ0) is 24.6. The van der Waals surface area contributed by atoms with E-state index in [1.807, 2.05) is 84.9 Å². The smallest absolute Gasteiger partial charge is 0.345 e. The Balaban J connectivity index is 1.77. The molecule has 0 bridgehead atoms. The van der Waals surface area contributed by atoms with Crippen molar-refractivity contribution in [2.45, 2.75) is 33.4 Å². The topological polar surface area (TPSA) is 70.4 Å². The molecule has 0 saturated heterocycles. The van der Waals surface area contributed by atoms with E-state index >= 15 is 0 Å². The number of hydrogen-bond acceptors (Lipinski definition) is 5. The third-order valence-electron chi connectivity index (χ3n) is 5.66. The van der Waals surface area contributed by atoms with Crippen LogP contribution >= 0.6 is 0 Å². The SMILES string of the molecule is CCOC(=O)c1c(C)nc(-c2ccccc2OCc2ccccc2)n(CCc2ccccc2)c1=O. The molecule has 0 saturated carbocycles. The van der Waals surface area contributed by atoms with E-state index in [2.05, 4.69) is 0 Å². The third kappa shape index (κ3) is 5.66. The summed E-state index contributed by atoms with van der Waals surface area (Å²) in [5.41, 5.74) is 2.68. The van der Waals surface area contributed by atoms with E-state index in [4.69, 9.17) is 14.5 Å². The number of benzene rings is 3. The Hall–Kier alpha value is -4.19. The summed E-state index contributed by atoms with van der Waals surface area (Å²) in [6, 6.07) is 27.3. The second-order valence-electron chi connectivity index (χ2n) is 8.08. The molecule has 0 aliphatic rings. The molecule has 0 amide bonds. The van der Waals surface area contributed by atoms with Gasteiger partial charge in [-0.1, -0.05) is 72.8 Å². The molecule has 0 atom stereocenters. The van der Waals surface area contributed by atoms with Gasteiger partial charge in [-0.05, 0) is 43.5 Å². The Bertz CT molecular complexity index is 1350. The molecule has 0 aliphatic heterocycles. The normalized spacial score (nSPS) is 10.7. The lowest BCUT2D eigenvalue weighted by atomic mass is 10.1. The Kier molecular flexibility index (Phi) is 7.73. The molecule has 0 spiro atoms. The van der Waals surface area contributed by atoms with Crippen molar-refractivity contribution in [1.29, 1.82) is 0 Å². The summed E-state index contributed by atoms with van der Waals surface area (Å²) in [5.74, 6) is 0.413. The first-order valence-corrected chi connectivity index (χ1v) is 11.7. The number of para-hydroxylation sites is 1. The summed E-state index contributed by atoms with van der Waals surface area (Å²) in [6.07, 6.45) is 0.605. The van der Waals surface area contributed by atoms with Gasteiger partial charge >= 0.3 is 5.97 Å². The van der Waals surface area contributed by atoms with Crippen molar-refractivity contribution in [3.8, 4) is 17.1 Å². The summed E-state index contributed by atoms with van der Waals surface area (Å²) in [6.45, 7) is 4.28. The zero-order valence-electron chi connectivity index (χ0n) is 19.9. The molecular weight excluding hydrogens is 440 g/mol. The summed E-state index contributed by atoms with van der Waals surface area (Å²) >= 11 is 0. The van der Waals surface area contributed by atoms with Crippen LogP contribution in [-0.4, -0.2) is 22.1 Å². The molecule has 1 aromatic heterocycles. The van der Waals surface area contributed by atoms with Crippen LogP contribution in [0.2, 0.25) is 0 Å². The van der Waals surface area contributed by atoms with Crippen LogP contribution in [0, 0.1) is 6.92 Å². The molecule has 6 heteroatoms. The highest BCUT2D eigenvalue weighted by Crippen LogP contribution is 2.29. The van der Waals surface area contributed by atoms with Gasteiger partial charge in [-0.3, -0.25) is 9.36 Å². The first kappa shape index (κ1) is 24.0. The summed E-state index contributed by atoms with van der Waals surface area (Å²) in [4.78, 5) is 30.9. The van der Waals surface area contributed by atoms with Crippen molar-refractivity contribution in [2.75, 3.05) is 6.61 Å². The molecule has 3 aromatic carbocycles. The van der Waals surface area contributed by atoms with Crippen LogP contribution < -0.4 is 10.3 Å². The molecule has 0 fully saturated rings. The third-order valence-corrected chi connectivity index (χ3v) is 5.66. The Morgan fingerprint density at radius 2 is 1.51 bits per heavy atom. The maximum atomic E-state index is 13.6. The van der Waals surface area contributed by atoms with Gasteiger partial charge in [-0.25, -0.2) is 9.78 Å². The van der Waals surface area contributed by atoms with Crippen molar-refractivity contribution in [1.82, 2.24) is 9.55 Å². The fourth-order valence-corrected chi connectivity index (χ4v) is 3.91. The van der Waals surface area contributed by atoms with Gasteiger partial charge in [0, 0.05) is 6.54 Å². The molecule has 0 unspecified atom stereocenters. The molecule has 35 heavy (non-hydrogen) atoms. The van der Waals surface area contributed by atoms with Gasteiger partial charge in [0.1, 0.15) is 23.7 Å². The molecule has 4 aromatic rings. The lowest BCUT2D eigenvalue weighted by Crippen LogP contribution is -2.32. The maximum Gasteiger partial charge on any atom is 0.345 e. The summed E-state index contributed by atoms with van der Waals surface area (Å²) in [5, 5.41) is 0. The van der Waals surface area contributed by atoms with Crippen molar-refractivity contribution in [2.24, 2.45) is 0 Å². The minimum atomic E-state index is -0.656. The van der Waals surface area contributed by atoms with Crippen LogP contribution in [0.15, 0.2) is 89.7 Å². The minimum absolute atomic E-state index is 0.0358. The highest BCUT2D eigenvalue weighted by atomic mass is 16.5. The molecule has 4 rings (SSSR count). The van der Waals surface area contributed by atoms with Crippen LogP contribution in [-0.2, 0) is 24.3 Å². The van der Waals surface area contributed by atoms with E-state index in [1.54, 1.807) is 18.4 Å². The summed E-state index contributed by atoms with van der Waals surface area (Å²) < 4.78 is 12.8. The molecule has 6 nitrogen and oxygen atoms in total. The fraction of sp³-hybridized carbons (Fsp3) is 0.207. The lowest BCUT2D eigenvalue weighted by molar-refractivity contribution is 0.0522. The van der Waals surface area contributed by atoms with E-state index in [0.717, 1.165) is 11.1 Å². The standard InChI is InChI=1S/C29H28N2O4/c1-3-34-29(33)26-21(2)30-27(31(28(26)32)19-18-22-12-6-4-7-13-22)24-16-10-11-17-25(24)35-20-23-14-8-5-9-15-23/h4-17H,3,18-20H2,1-2H3. The number of nitrogens with zero attached hydrogens (tertiary/aromatic N) is 2. The molecule has 178 valence electrons. The average molecular weight is 469 g/mol. The van der Waals surface area contributed by atoms with Gasteiger partial charge in [0.25, 0.3) is 5.56 Å². The van der Waals surface area contributed by atoms with Crippen LogP contribution in [0.5, 0.6) is 5.75 Å². The first-order chi connectivity index (χ1) is 17.1. The Labute approximate surface area is 204 Å². The predicted octanol–water partition coefficient (Wildman–Crippen LogP) is 5.22. The van der Waals surface area contributed by atoms with E-state index in [-0.39, 0.29) is 12.2 Å². The number of ether oxygens (including phenoxy) is 2. The van der Waals surface area contributed by atoms with E-state index in [9.17, 15) is 9.59 Å². The highest BCUT2D eigenvalue weighted by molar-refractivity contribution is 5.90. The quantitative estimate of drug-likeness (QED) is 0.315. The minimum Gasteiger partial charge on any atom is -0.488 e. The summed E-state index contributed by atoms with van der Waals surface area (Å²) in [7, 11) is 0. The Morgan fingerprint density at radius 1 is 0.886 bits per heavy atom. The average Bonchev–Trinajstić information content (AvgIpc) is 2.88. The monoisotopic (exact) mass is 468 g/mol. The maximum absolute atomic E-state index is 13.6. The molecule has 0 N–H and O–H groups in total. The number of carbonyl (C=O) groups excluding carboxylic acids is 1. The van der Waals surface area contributed by atoms with Gasteiger partial charge in [-0.15, -0.1) is 0 Å². The second-order valence-corrected chi connectivity index (χ2v) is 8.08. The first-order valence-electron chi connectivity index (χ1n) is 11.7. The number of esters is 1. The Morgan fingerprint density at radius 3 is 2.20 bits per heavy atom. The predicted molar refractivity (Wildman–Crippen MR) is 136 cm³/mol. The molecule has 1 heterocycles. The number of hydrogen-bond donors (Lipinski definition) is 0. The lowest BCUT2D eigenvalue weighted by Gasteiger charge is -2.18. The largest absolute Gasteiger partial charge is 0.488 e. The van der Waals surface area contributed by atoms with Gasteiger partial charge in [0.15, 0.2) is 0 Å². The highest BCUT2D eigenvalue weighted by Gasteiger charge is 2.23. The van der Waals surface area contributed by atoms with Crippen LogP contribution in [0.1, 0.15) is 34.1 Å². The number of rotatable bonds is 9. The zero-order valence-corrected chi connectivity index (χ0v) is 19.9. The molecule has 0 aliphatic carbocycles. The van der Waals surface area contributed by atoms with Crippen LogP contribution in [0.3, 0.4) is 0 Å². The second kappa shape index (κ2) is 11.3. The van der Waals surface area contributed by atoms with Gasteiger partial charge in [-0.2, -0.15) is 0 Å². The van der Waals surface area contributed by atoms with E-state index < -0.39 is 11.5 Å². The van der Waals surface area contributed by atoms with Crippen LogP contribution in [0.4, 0.5) is 0 Å². The van der Waals surface area contributed by atoms with Crippen molar-refractivity contribution >= 4 is 5.97 Å². The molecule has 0 radical (unpaired) electrons. The number of aromatic nitrogens is 2. The molecular formula is C29H28N2O4. The number of aryl methyl sites for hydroxylation is 2.